The molecule has 13 heavy (non-hydrogen) atoms. The highest BCUT2D eigenvalue weighted by atomic mass is 16.5. The van der Waals surface area contributed by atoms with Gasteiger partial charge in [-0.05, 0) is 31.9 Å². The van der Waals surface area contributed by atoms with Gasteiger partial charge >= 0.3 is 0 Å². The maximum atomic E-state index is 5.28. The Morgan fingerprint density at radius 2 is 1.92 bits per heavy atom. The van der Waals surface area contributed by atoms with Gasteiger partial charge in [0.05, 0.1) is 0 Å². The zero-order chi connectivity index (χ0) is 10.3. The van der Waals surface area contributed by atoms with E-state index in [1.807, 2.05) is 20.8 Å². The normalized spacial score (nSPS) is 14.7. The van der Waals surface area contributed by atoms with E-state index >= 15 is 0 Å². The van der Waals surface area contributed by atoms with Gasteiger partial charge in [-0.25, -0.2) is 4.99 Å². The van der Waals surface area contributed by atoms with Crippen LogP contribution < -0.4 is 0 Å². The van der Waals surface area contributed by atoms with Crippen molar-refractivity contribution >= 4 is 6.21 Å². The Morgan fingerprint density at radius 3 is 2.31 bits per heavy atom. The van der Waals surface area contributed by atoms with E-state index in [2.05, 4.69) is 18.2 Å². The molecule has 0 bridgehead atoms. The number of ether oxygens (including phenoxy) is 1. The smallest absolute Gasteiger partial charge is 0.205 e. The molecule has 74 valence electrons. The van der Waals surface area contributed by atoms with Crippen molar-refractivity contribution in [3.63, 3.8) is 0 Å². The number of allylic oxidation sites excluding steroid dienone is 1. The van der Waals surface area contributed by atoms with E-state index < -0.39 is 0 Å². The van der Waals surface area contributed by atoms with Gasteiger partial charge in [0.25, 0.3) is 0 Å². The summed E-state index contributed by atoms with van der Waals surface area (Å²) in [6.07, 6.45) is 4.32. The highest BCUT2D eigenvalue weighted by molar-refractivity contribution is 5.77. The van der Waals surface area contributed by atoms with Crippen LogP contribution in [-0.2, 0) is 4.74 Å². The number of rotatable bonds is 4. The number of hydrogen-bond acceptors (Lipinski definition) is 2. The molecule has 0 aromatic heterocycles. The second kappa shape index (κ2) is 6.46. The second-order valence-electron chi connectivity index (χ2n) is 2.82. The molecule has 0 aromatic carbocycles. The van der Waals surface area contributed by atoms with Gasteiger partial charge in [-0.1, -0.05) is 20.4 Å². The van der Waals surface area contributed by atoms with E-state index in [0.29, 0.717) is 12.0 Å². The van der Waals surface area contributed by atoms with Crippen LogP contribution in [0, 0.1) is 0 Å². The fourth-order valence-electron chi connectivity index (χ4n) is 0.591. The molecule has 1 saturated carbocycles. The van der Waals surface area contributed by atoms with Gasteiger partial charge in [0.15, 0.2) is 0 Å². The molecule has 0 amide bonds. The van der Waals surface area contributed by atoms with Crippen molar-refractivity contribution in [2.24, 2.45) is 4.99 Å². The quantitative estimate of drug-likeness (QED) is 0.481. The minimum Gasteiger partial charge on any atom is -0.475 e. The summed E-state index contributed by atoms with van der Waals surface area (Å²) in [6, 6.07) is 0. The molecular weight excluding hydrogens is 162 g/mol. The third kappa shape index (κ3) is 7.32. The largest absolute Gasteiger partial charge is 0.475 e. The van der Waals surface area contributed by atoms with Crippen molar-refractivity contribution in [1.82, 2.24) is 0 Å². The van der Waals surface area contributed by atoms with Crippen LogP contribution in [0.5, 0.6) is 0 Å². The third-order valence-electron chi connectivity index (χ3n) is 1.26. The average molecular weight is 181 g/mol. The molecule has 0 radical (unpaired) electrons. The van der Waals surface area contributed by atoms with Crippen LogP contribution in [0.3, 0.4) is 0 Å². The molecule has 1 aliphatic rings. The molecular formula is C11H19NO. The molecule has 0 saturated heterocycles. The summed E-state index contributed by atoms with van der Waals surface area (Å²) >= 11 is 0. The lowest BCUT2D eigenvalue weighted by atomic mass is 10.4. The summed E-state index contributed by atoms with van der Waals surface area (Å²) in [5, 5.41) is 0. The SMILES string of the molecule is C=C(C)/C=N\C(=C)OC1CC1.CC. The van der Waals surface area contributed by atoms with E-state index in [-0.39, 0.29) is 0 Å². The minimum absolute atomic E-state index is 0.379. The Labute approximate surface area is 81.0 Å². The van der Waals surface area contributed by atoms with E-state index in [4.69, 9.17) is 4.74 Å². The van der Waals surface area contributed by atoms with Gasteiger partial charge in [0, 0.05) is 6.21 Å². The van der Waals surface area contributed by atoms with Gasteiger partial charge in [0.1, 0.15) is 6.10 Å². The molecule has 1 aliphatic carbocycles. The summed E-state index contributed by atoms with van der Waals surface area (Å²) in [7, 11) is 0. The predicted octanol–water partition coefficient (Wildman–Crippen LogP) is 3.31. The Kier molecular flexibility index (Phi) is 5.94. The average Bonchev–Trinajstić information content (AvgIpc) is 2.89. The minimum atomic E-state index is 0.379. The molecule has 2 nitrogen and oxygen atoms in total. The van der Waals surface area contributed by atoms with Crippen LogP contribution in [0.25, 0.3) is 0 Å². The van der Waals surface area contributed by atoms with E-state index in [1.54, 1.807) is 6.21 Å². The van der Waals surface area contributed by atoms with Crippen molar-refractivity contribution in [3.8, 4) is 0 Å². The second-order valence-corrected chi connectivity index (χ2v) is 2.82. The fourth-order valence-corrected chi connectivity index (χ4v) is 0.591. The summed E-state index contributed by atoms with van der Waals surface area (Å²) in [5.74, 6) is 0.496. The lowest BCUT2D eigenvalue weighted by molar-refractivity contribution is 0.197. The molecule has 2 heteroatoms. The molecule has 1 fully saturated rings. The number of nitrogens with zero attached hydrogens (tertiary/aromatic N) is 1. The highest BCUT2D eigenvalue weighted by Crippen LogP contribution is 2.25. The Balaban J connectivity index is 0.000000671. The van der Waals surface area contributed by atoms with Crippen LogP contribution in [0.2, 0.25) is 0 Å². The zero-order valence-electron chi connectivity index (χ0n) is 8.84. The molecule has 0 unspecified atom stereocenters. The maximum Gasteiger partial charge on any atom is 0.205 e. The van der Waals surface area contributed by atoms with Crippen LogP contribution in [0.15, 0.2) is 29.6 Å². The molecule has 0 atom stereocenters. The fraction of sp³-hybridized carbons (Fsp3) is 0.545. The number of hydrogen-bond donors (Lipinski definition) is 0. The van der Waals surface area contributed by atoms with Crippen LogP contribution in [0.1, 0.15) is 33.6 Å². The van der Waals surface area contributed by atoms with Crippen molar-refractivity contribution in [2.45, 2.75) is 39.7 Å². The molecule has 1 rings (SSSR count). The lowest BCUT2D eigenvalue weighted by Crippen LogP contribution is -1.90. The van der Waals surface area contributed by atoms with E-state index in [9.17, 15) is 0 Å². The lowest BCUT2D eigenvalue weighted by Gasteiger charge is -2.00. The van der Waals surface area contributed by atoms with Gasteiger partial charge in [-0.3, -0.25) is 0 Å². The van der Waals surface area contributed by atoms with E-state index in [0.717, 1.165) is 18.4 Å². The van der Waals surface area contributed by atoms with Gasteiger partial charge in [-0.15, -0.1) is 0 Å². The van der Waals surface area contributed by atoms with E-state index in [1.165, 1.54) is 0 Å². The van der Waals surface area contributed by atoms with Gasteiger partial charge < -0.3 is 4.74 Å². The Bertz CT molecular complexity index is 202. The van der Waals surface area contributed by atoms with Crippen LogP contribution >= 0.6 is 0 Å². The molecule has 0 heterocycles. The van der Waals surface area contributed by atoms with Gasteiger partial charge in [0.2, 0.25) is 5.88 Å². The van der Waals surface area contributed by atoms with Crippen molar-refractivity contribution in [3.05, 3.63) is 24.6 Å². The van der Waals surface area contributed by atoms with Crippen molar-refractivity contribution in [2.75, 3.05) is 0 Å². The summed E-state index contributed by atoms with van der Waals surface area (Å²) < 4.78 is 5.28. The Hall–Kier alpha value is -1.05. The standard InChI is InChI=1S/C9H13NO.C2H6/c1-7(2)6-10-8(3)11-9-4-5-9;1-2/h6,9H,1,3-5H2,2H3;1-2H3/b10-6-;. The molecule has 0 aromatic rings. The zero-order valence-corrected chi connectivity index (χ0v) is 8.84. The first-order chi connectivity index (χ1) is 6.18. The molecule has 0 spiro atoms. The highest BCUT2D eigenvalue weighted by Gasteiger charge is 2.23. The van der Waals surface area contributed by atoms with Gasteiger partial charge in [-0.2, -0.15) is 0 Å². The first-order valence-corrected chi connectivity index (χ1v) is 4.73. The summed E-state index contributed by atoms with van der Waals surface area (Å²) in [6.45, 7) is 13.2. The van der Waals surface area contributed by atoms with Crippen LogP contribution in [-0.4, -0.2) is 12.3 Å². The van der Waals surface area contributed by atoms with Crippen molar-refractivity contribution in [1.29, 1.82) is 0 Å². The first kappa shape index (κ1) is 11.9. The molecule has 0 aliphatic heterocycles. The molecule has 0 N–H and O–H groups in total. The summed E-state index contributed by atoms with van der Waals surface area (Å²) in [4.78, 5) is 3.96. The number of aliphatic imine (C=N–C) groups is 1. The topological polar surface area (TPSA) is 21.6 Å². The van der Waals surface area contributed by atoms with Crippen molar-refractivity contribution < 1.29 is 4.74 Å². The summed E-state index contributed by atoms with van der Waals surface area (Å²) in [5.41, 5.74) is 0.908. The Morgan fingerprint density at radius 1 is 1.38 bits per heavy atom. The van der Waals surface area contributed by atoms with Crippen LogP contribution in [0.4, 0.5) is 0 Å². The first-order valence-electron chi connectivity index (χ1n) is 4.73. The third-order valence-corrected chi connectivity index (χ3v) is 1.26. The monoisotopic (exact) mass is 181 g/mol. The maximum absolute atomic E-state index is 5.28. The predicted molar refractivity (Wildman–Crippen MR) is 57.9 cm³/mol.